The second-order valence-electron chi connectivity index (χ2n) is 5.18. The second-order valence-corrected chi connectivity index (χ2v) is 5.18. The van der Waals surface area contributed by atoms with Gasteiger partial charge in [-0.25, -0.2) is 4.98 Å². The zero-order valence-corrected chi connectivity index (χ0v) is 12.1. The van der Waals surface area contributed by atoms with Gasteiger partial charge in [0, 0.05) is 25.6 Å². The van der Waals surface area contributed by atoms with E-state index in [1.54, 1.807) is 18.0 Å². The minimum atomic E-state index is -0.150. The molecule has 1 amide bonds. The zero-order chi connectivity index (χ0) is 15.0. The van der Waals surface area contributed by atoms with Gasteiger partial charge in [0.1, 0.15) is 5.76 Å². The largest absolute Gasteiger partial charge is 0.456 e. The summed E-state index contributed by atoms with van der Waals surface area (Å²) in [5.74, 6) is 0.990. The lowest BCUT2D eigenvalue weighted by Gasteiger charge is -2.27. The lowest BCUT2D eigenvalue weighted by atomic mass is 10.1. The normalized spacial score (nSPS) is 14.1. The number of hydrogen-bond acceptors (Lipinski definition) is 4. The maximum atomic E-state index is 12.4. The van der Waals surface area contributed by atoms with Crippen molar-refractivity contribution in [3.05, 3.63) is 51.6 Å². The van der Waals surface area contributed by atoms with Gasteiger partial charge in [-0.3, -0.25) is 9.59 Å². The number of hydrogen-bond donors (Lipinski definition) is 0. The molecule has 0 saturated heterocycles. The minimum Gasteiger partial charge on any atom is -0.456 e. The topological polar surface area (TPSA) is 68.3 Å². The average molecular weight is 287 g/mol. The molecule has 0 atom stereocenters. The highest BCUT2D eigenvalue weighted by atomic mass is 16.4. The number of nitrogens with zero attached hydrogens (tertiary/aromatic N) is 3. The molecule has 0 aromatic carbocycles. The number of aryl methyl sites for hydroxylation is 2. The number of aromatic nitrogens is 2. The van der Waals surface area contributed by atoms with Gasteiger partial charge in [0.25, 0.3) is 11.5 Å². The van der Waals surface area contributed by atoms with Crippen molar-refractivity contribution < 1.29 is 9.21 Å². The highest BCUT2D eigenvalue weighted by Gasteiger charge is 2.26. The molecule has 0 unspecified atom stereocenters. The summed E-state index contributed by atoms with van der Waals surface area (Å²) in [4.78, 5) is 30.4. The molecule has 0 N–H and O–H groups in total. The quantitative estimate of drug-likeness (QED) is 0.830. The second kappa shape index (κ2) is 5.20. The van der Waals surface area contributed by atoms with Gasteiger partial charge in [-0.1, -0.05) is 6.92 Å². The summed E-state index contributed by atoms with van der Waals surface area (Å²) in [6.45, 7) is 2.84. The molecule has 6 heteroatoms. The van der Waals surface area contributed by atoms with Crippen LogP contribution in [0, 0.1) is 0 Å². The molecule has 0 saturated carbocycles. The van der Waals surface area contributed by atoms with Crippen molar-refractivity contribution in [1.82, 2.24) is 14.5 Å². The molecule has 0 radical (unpaired) electrons. The van der Waals surface area contributed by atoms with E-state index in [1.807, 2.05) is 13.0 Å². The maximum Gasteiger partial charge on any atom is 0.289 e. The monoisotopic (exact) mass is 287 g/mol. The number of furan rings is 1. The van der Waals surface area contributed by atoms with Crippen molar-refractivity contribution in [2.75, 3.05) is 6.54 Å². The average Bonchev–Trinajstić information content (AvgIpc) is 2.99. The number of rotatable bonds is 2. The van der Waals surface area contributed by atoms with E-state index >= 15 is 0 Å². The SMILES string of the molecule is CCc1ccc(C(=O)N2CCc3c(ncn(C)c3=O)C2)o1. The molecular weight excluding hydrogens is 270 g/mol. The Balaban J connectivity index is 1.84. The van der Waals surface area contributed by atoms with Crippen LogP contribution in [0.3, 0.4) is 0 Å². The maximum absolute atomic E-state index is 12.4. The van der Waals surface area contributed by atoms with Crippen LogP contribution in [0.4, 0.5) is 0 Å². The van der Waals surface area contributed by atoms with Crippen LogP contribution in [-0.2, 0) is 26.4 Å². The Bertz CT molecular complexity index is 745. The number of carbonyl (C=O) groups is 1. The van der Waals surface area contributed by atoms with Crippen molar-refractivity contribution in [2.24, 2.45) is 7.05 Å². The van der Waals surface area contributed by atoms with Crippen LogP contribution >= 0.6 is 0 Å². The number of fused-ring (bicyclic) bond motifs is 1. The van der Waals surface area contributed by atoms with Gasteiger partial charge < -0.3 is 13.9 Å². The van der Waals surface area contributed by atoms with Crippen molar-refractivity contribution >= 4 is 5.91 Å². The Morgan fingerprint density at radius 2 is 2.24 bits per heavy atom. The molecule has 0 fully saturated rings. The van der Waals surface area contributed by atoms with Gasteiger partial charge >= 0.3 is 0 Å². The van der Waals surface area contributed by atoms with Gasteiger partial charge in [-0.05, 0) is 18.6 Å². The molecule has 110 valence electrons. The third kappa shape index (κ3) is 2.37. The molecule has 3 heterocycles. The summed E-state index contributed by atoms with van der Waals surface area (Å²) < 4.78 is 6.97. The molecule has 6 nitrogen and oxygen atoms in total. The standard InChI is InChI=1S/C15H17N3O3/c1-3-10-4-5-13(21-10)15(20)18-7-6-11-12(8-18)16-9-17(2)14(11)19/h4-5,9H,3,6-8H2,1-2H3. The minimum absolute atomic E-state index is 0.0293. The molecule has 1 aliphatic heterocycles. The lowest BCUT2D eigenvalue weighted by molar-refractivity contribution is 0.0697. The van der Waals surface area contributed by atoms with Gasteiger partial charge in [0.2, 0.25) is 0 Å². The zero-order valence-electron chi connectivity index (χ0n) is 12.1. The number of amides is 1. The Hall–Kier alpha value is -2.37. The summed E-state index contributed by atoms with van der Waals surface area (Å²) >= 11 is 0. The van der Waals surface area contributed by atoms with Crippen molar-refractivity contribution in [1.29, 1.82) is 0 Å². The van der Waals surface area contributed by atoms with Crippen LogP contribution in [0.25, 0.3) is 0 Å². The van der Waals surface area contributed by atoms with Crippen molar-refractivity contribution in [2.45, 2.75) is 26.3 Å². The fourth-order valence-electron chi connectivity index (χ4n) is 2.53. The van der Waals surface area contributed by atoms with Gasteiger partial charge in [0.05, 0.1) is 18.6 Å². The molecule has 2 aromatic heterocycles. The Labute approximate surface area is 122 Å². The Morgan fingerprint density at radius 1 is 1.43 bits per heavy atom. The molecule has 21 heavy (non-hydrogen) atoms. The lowest BCUT2D eigenvalue weighted by Crippen LogP contribution is -2.39. The van der Waals surface area contributed by atoms with Gasteiger partial charge in [0.15, 0.2) is 5.76 Å². The molecule has 0 bridgehead atoms. The first-order valence-electron chi connectivity index (χ1n) is 7.01. The van der Waals surface area contributed by atoms with Crippen LogP contribution in [0.5, 0.6) is 0 Å². The van der Waals surface area contributed by atoms with Crippen LogP contribution < -0.4 is 5.56 Å². The van der Waals surface area contributed by atoms with Crippen LogP contribution in [0.1, 0.15) is 34.5 Å². The van der Waals surface area contributed by atoms with Gasteiger partial charge in [-0.15, -0.1) is 0 Å². The van der Waals surface area contributed by atoms with Crippen molar-refractivity contribution in [3.8, 4) is 0 Å². The van der Waals surface area contributed by atoms with E-state index in [-0.39, 0.29) is 11.5 Å². The first-order chi connectivity index (χ1) is 10.1. The van der Waals surface area contributed by atoms with E-state index in [0.717, 1.165) is 12.2 Å². The molecule has 1 aliphatic rings. The van der Waals surface area contributed by atoms with E-state index < -0.39 is 0 Å². The predicted octanol–water partition coefficient (Wildman–Crippen LogP) is 1.13. The number of carbonyl (C=O) groups excluding carboxylic acids is 1. The summed E-state index contributed by atoms with van der Waals surface area (Å²) in [7, 11) is 1.68. The van der Waals surface area contributed by atoms with Gasteiger partial charge in [-0.2, -0.15) is 0 Å². The first kappa shape index (κ1) is 13.6. The van der Waals surface area contributed by atoms with E-state index in [2.05, 4.69) is 4.98 Å². The molecular formula is C15H17N3O3. The highest BCUT2D eigenvalue weighted by molar-refractivity contribution is 5.91. The third-order valence-electron chi connectivity index (χ3n) is 3.79. The fourth-order valence-corrected chi connectivity index (χ4v) is 2.53. The highest BCUT2D eigenvalue weighted by Crippen LogP contribution is 2.17. The third-order valence-corrected chi connectivity index (χ3v) is 3.79. The summed E-state index contributed by atoms with van der Waals surface area (Å²) in [6.07, 6.45) is 2.79. The predicted molar refractivity (Wildman–Crippen MR) is 76.0 cm³/mol. The smallest absolute Gasteiger partial charge is 0.289 e. The molecule has 2 aromatic rings. The Morgan fingerprint density at radius 3 is 2.95 bits per heavy atom. The first-order valence-corrected chi connectivity index (χ1v) is 7.01. The van der Waals surface area contributed by atoms with E-state index in [4.69, 9.17) is 4.42 Å². The Kier molecular flexibility index (Phi) is 3.37. The summed E-state index contributed by atoms with van der Waals surface area (Å²) in [5, 5.41) is 0. The van der Waals surface area contributed by atoms with E-state index in [1.165, 1.54) is 10.9 Å². The van der Waals surface area contributed by atoms with Crippen LogP contribution in [-0.4, -0.2) is 26.9 Å². The van der Waals surface area contributed by atoms with Crippen LogP contribution in [0.2, 0.25) is 0 Å². The molecule has 3 rings (SSSR count). The molecule has 0 aliphatic carbocycles. The van der Waals surface area contributed by atoms with Crippen molar-refractivity contribution in [3.63, 3.8) is 0 Å². The van der Waals surface area contributed by atoms with E-state index in [0.29, 0.717) is 36.5 Å². The summed E-state index contributed by atoms with van der Waals surface area (Å²) in [5.41, 5.74) is 1.36. The molecule has 0 spiro atoms. The fraction of sp³-hybridized carbons (Fsp3) is 0.400. The van der Waals surface area contributed by atoms with Crippen LogP contribution in [0.15, 0.2) is 27.7 Å². The van der Waals surface area contributed by atoms with E-state index in [9.17, 15) is 9.59 Å². The summed E-state index contributed by atoms with van der Waals surface area (Å²) in [6, 6.07) is 3.52.